The Morgan fingerprint density at radius 1 is 1.17 bits per heavy atom. The van der Waals surface area contributed by atoms with Crippen LogP contribution in [0.4, 0.5) is 5.69 Å². The van der Waals surface area contributed by atoms with Gasteiger partial charge in [0.15, 0.2) is 0 Å². The van der Waals surface area contributed by atoms with Crippen molar-refractivity contribution < 1.29 is 9.59 Å². The molecule has 1 rings (SSSR count). The van der Waals surface area contributed by atoms with Crippen molar-refractivity contribution in [3.63, 3.8) is 0 Å². The van der Waals surface area contributed by atoms with Crippen molar-refractivity contribution in [2.24, 2.45) is 0 Å². The number of nitriles is 1. The van der Waals surface area contributed by atoms with E-state index in [2.05, 4.69) is 10.6 Å². The minimum absolute atomic E-state index is 0.0911. The predicted octanol–water partition coefficient (Wildman–Crippen LogP) is 1.73. The summed E-state index contributed by atoms with van der Waals surface area (Å²) in [6, 6.07) is 8.85. The van der Waals surface area contributed by atoms with E-state index in [4.69, 9.17) is 5.26 Å². The Morgan fingerprint density at radius 2 is 1.78 bits per heavy atom. The smallest absolute Gasteiger partial charge is 0.238 e. The second-order valence-electron chi connectivity index (χ2n) is 6.31. The maximum Gasteiger partial charge on any atom is 0.238 e. The molecule has 2 N–H and O–H groups in total. The van der Waals surface area contributed by atoms with Crippen molar-refractivity contribution in [3.05, 3.63) is 29.8 Å². The van der Waals surface area contributed by atoms with Crippen LogP contribution in [0.15, 0.2) is 24.3 Å². The van der Waals surface area contributed by atoms with Gasteiger partial charge in [0.1, 0.15) is 6.07 Å². The summed E-state index contributed by atoms with van der Waals surface area (Å²) in [6.07, 6.45) is 0. The van der Waals surface area contributed by atoms with Gasteiger partial charge in [-0.25, -0.2) is 0 Å². The fraction of sp³-hybridized carbons (Fsp3) is 0.471. The van der Waals surface area contributed by atoms with E-state index in [1.54, 1.807) is 29.2 Å². The van der Waals surface area contributed by atoms with E-state index in [0.717, 1.165) is 0 Å². The van der Waals surface area contributed by atoms with E-state index in [1.807, 2.05) is 33.8 Å². The maximum atomic E-state index is 12.1. The fourth-order valence-corrected chi connectivity index (χ4v) is 2.02. The average molecular weight is 316 g/mol. The van der Waals surface area contributed by atoms with Crippen molar-refractivity contribution in [3.8, 4) is 6.07 Å². The minimum atomic E-state index is -0.301. The Balaban J connectivity index is 2.60. The van der Waals surface area contributed by atoms with Crippen LogP contribution in [-0.2, 0) is 9.59 Å². The van der Waals surface area contributed by atoms with E-state index in [9.17, 15) is 9.59 Å². The van der Waals surface area contributed by atoms with Crippen molar-refractivity contribution in [2.45, 2.75) is 33.2 Å². The lowest BCUT2D eigenvalue weighted by atomic mass is 10.1. The SMILES string of the molecule is CCN(CC(=O)Nc1ccccc1C#N)CC(=O)NC(C)(C)C. The average Bonchev–Trinajstić information content (AvgIpc) is 2.45. The number of likely N-dealkylation sites (N-methyl/N-ethyl adjacent to an activating group) is 1. The van der Waals surface area contributed by atoms with Crippen LogP contribution in [0, 0.1) is 11.3 Å². The number of hydrogen-bond acceptors (Lipinski definition) is 4. The van der Waals surface area contributed by atoms with E-state index >= 15 is 0 Å². The van der Waals surface area contributed by atoms with Crippen LogP contribution in [-0.4, -0.2) is 41.9 Å². The third-order valence-corrected chi connectivity index (χ3v) is 3.02. The molecule has 0 bridgehead atoms. The second kappa shape index (κ2) is 8.30. The molecule has 0 aliphatic heterocycles. The van der Waals surface area contributed by atoms with Crippen LogP contribution in [0.2, 0.25) is 0 Å². The number of nitrogens with zero attached hydrogens (tertiary/aromatic N) is 2. The summed E-state index contributed by atoms with van der Waals surface area (Å²) in [5, 5.41) is 14.6. The van der Waals surface area contributed by atoms with Gasteiger partial charge >= 0.3 is 0 Å². The van der Waals surface area contributed by atoms with Gasteiger partial charge in [0.2, 0.25) is 11.8 Å². The molecule has 0 radical (unpaired) electrons. The Bertz CT molecular complexity index is 599. The van der Waals surface area contributed by atoms with Gasteiger partial charge in [0, 0.05) is 5.54 Å². The molecular weight excluding hydrogens is 292 g/mol. The zero-order valence-electron chi connectivity index (χ0n) is 14.1. The Labute approximate surface area is 137 Å². The van der Waals surface area contributed by atoms with Gasteiger partial charge in [-0.1, -0.05) is 19.1 Å². The lowest BCUT2D eigenvalue weighted by Gasteiger charge is -2.24. The van der Waals surface area contributed by atoms with E-state index < -0.39 is 0 Å². The van der Waals surface area contributed by atoms with Crippen LogP contribution in [0.25, 0.3) is 0 Å². The van der Waals surface area contributed by atoms with E-state index in [1.165, 1.54) is 0 Å². The van der Waals surface area contributed by atoms with Crippen molar-refractivity contribution >= 4 is 17.5 Å². The number of carbonyl (C=O) groups is 2. The molecule has 0 aromatic heterocycles. The maximum absolute atomic E-state index is 12.1. The number of carbonyl (C=O) groups excluding carboxylic acids is 2. The molecule has 0 spiro atoms. The molecule has 0 saturated carbocycles. The highest BCUT2D eigenvalue weighted by Gasteiger charge is 2.18. The standard InChI is InChI=1S/C17H24N4O2/c1-5-21(12-16(23)20-17(2,3)4)11-15(22)19-14-9-7-6-8-13(14)10-18/h6-9H,5,11-12H2,1-4H3,(H,19,22)(H,20,23). The van der Waals surface area contributed by atoms with Crippen LogP contribution >= 0.6 is 0 Å². The molecule has 124 valence electrons. The summed E-state index contributed by atoms with van der Waals surface area (Å²) in [4.78, 5) is 25.8. The van der Waals surface area contributed by atoms with Gasteiger partial charge < -0.3 is 10.6 Å². The number of rotatable bonds is 6. The lowest BCUT2D eigenvalue weighted by molar-refractivity contribution is -0.124. The molecule has 0 aliphatic carbocycles. The van der Waals surface area contributed by atoms with Crippen LogP contribution in [0.5, 0.6) is 0 Å². The summed E-state index contributed by atoms with van der Waals surface area (Å²) >= 11 is 0. The minimum Gasteiger partial charge on any atom is -0.350 e. The summed E-state index contributed by atoms with van der Waals surface area (Å²) in [5.41, 5.74) is 0.592. The summed E-state index contributed by atoms with van der Waals surface area (Å²) in [7, 11) is 0. The first-order chi connectivity index (χ1) is 10.7. The number of para-hydroxylation sites is 1. The number of hydrogen-bond donors (Lipinski definition) is 2. The molecule has 0 aliphatic rings. The van der Waals surface area contributed by atoms with Gasteiger partial charge in [-0.3, -0.25) is 14.5 Å². The molecule has 1 aromatic rings. The zero-order valence-corrected chi connectivity index (χ0v) is 14.1. The topological polar surface area (TPSA) is 85.2 Å². The normalized spacial score (nSPS) is 11.0. The van der Waals surface area contributed by atoms with Gasteiger partial charge in [0.25, 0.3) is 0 Å². The van der Waals surface area contributed by atoms with Crippen molar-refractivity contribution in [1.29, 1.82) is 5.26 Å². The highest BCUT2D eigenvalue weighted by atomic mass is 16.2. The van der Waals surface area contributed by atoms with Gasteiger partial charge in [-0.2, -0.15) is 5.26 Å². The first-order valence-electron chi connectivity index (χ1n) is 7.57. The largest absolute Gasteiger partial charge is 0.350 e. The molecule has 2 amide bonds. The quantitative estimate of drug-likeness (QED) is 0.837. The van der Waals surface area contributed by atoms with Crippen molar-refractivity contribution in [2.75, 3.05) is 25.0 Å². The molecule has 0 saturated heterocycles. The van der Waals surface area contributed by atoms with Gasteiger partial charge in [-0.15, -0.1) is 0 Å². The third kappa shape index (κ3) is 6.94. The number of nitrogens with one attached hydrogen (secondary N) is 2. The highest BCUT2D eigenvalue weighted by molar-refractivity contribution is 5.93. The van der Waals surface area contributed by atoms with Crippen LogP contribution in [0.3, 0.4) is 0 Å². The summed E-state index contributed by atoms with van der Waals surface area (Å²) in [6.45, 7) is 8.44. The second-order valence-corrected chi connectivity index (χ2v) is 6.31. The van der Waals surface area contributed by atoms with E-state index in [-0.39, 0.29) is 30.4 Å². The highest BCUT2D eigenvalue weighted by Crippen LogP contribution is 2.13. The molecule has 1 aromatic carbocycles. The Hall–Kier alpha value is -2.39. The molecule has 0 atom stereocenters. The Morgan fingerprint density at radius 3 is 2.35 bits per heavy atom. The molecule has 0 heterocycles. The number of amides is 2. The monoisotopic (exact) mass is 316 g/mol. The molecular formula is C17H24N4O2. The summed E-state index contributed by atoms with van der Waals surface area (Å²) in [5.74, 6) is -0.373. The molecule has 23 heavy (non-hydrogen) atoms. The molecule has 6 nitrogen and oxygen atoms in total. The fourth-order valence-electron chi connectivity index (χ4n) is 2.02. The Kier molecular flexibility index (Phi) is 6.73. The van der Waals surface area contributed by atoms with Gasteiger partial charge in [-0.05, 0) is 39.4 Å². The molecule has 0 fully saturated rings. The first kappa shape index (κ1) is 18.7. The number of anilines is 1. The lowest BCUT2D eigenvalue weighted by Crippen LogP contribution is -2.47. The first-order valence-corrected chi connectivity index (χ1v) is 7.57. The van der Waals surface area contributed by atoms with Gasteiger partial charge in [0.05, 0.1) is 24.3 Å². The van der Waals surface area contributed by atoms with Crippen molar-refractivity contribution in [1.82, 2.24) is 10.2 Å². The molecule has 6 heteroatoms. The predicted molar refractivity (Wildman–Crippen MR) is 89.8 cm³/mol. The number of benzene rings is 1. The van der Waals surface area contributed by atoms with Crippen LogP contribution in [0.1, 0.15) is 33.3 Å². The summed E-state index contributed by atoms with van der Waals surface area (Å²) < 4.78 is 0. The van der Waals surface area contributed by atoms with Crippen LogP contribution < -0.4 is 10.6 Å². The molecule has 0 unspecified atom stereocenters. The zero-order chi connectivity index (χ0) is 17.5. The third-order valence-electron chi connectivity index (χ3n) is 3.02. The van der Waals surface area contributed by atoms with E-state index in [0.29, 0.717) is 17.8 Å².